The van der Waals surface area contributed by atoms with Crippen LogP contribution < -0.4 is 10.6 Å². The van der Waals surface area contributed by atoms with E-state index in [2.05, 4.69) is 10.6 Å². The molecule has 0 aromatic carbocycles. The van der Waals surface area contributed by atoms with Gasteiger partial charge in [0.15, 0.2) is 0 Å². The number of unbranched alkanes of at least 4 members (excludes halogenated alkanes) is 2. The first-order valence-corrected chi connectivity index (χ1v) is 9.44. The fourth-order valence-corrected chi connectivity index (χ4v) is 5.42. The van der Waals surface area contributed by atoms with Crippen molar-refractivity contribution in [1.29, 1.82) is 0 Å². The summed E-state index contributed by atoms with van der Waals surface area (Å²) in [5.74, 6) is 2.58. The van der Waals surface area contributed by atoms with Gasteiger partial charge in [-0.3, -0.25) is 0 Å². The van der Waals surface area contributed by atoms with Gasteiger partial charge in [-0.1, -0.05) is 0 Å². The third kappa shape index (κ3) is 4.60. The number of aliphatic hydroxyl groups is 1. The molecule has 4 bridgehead atoms. The lowest BCUT2D eigenvalue weighted by Gasteiger charge is -2.56. The zero-order valence-electron chi connectivity index (χ0n) is 14.2. The first-order chi connectivity index (χ1) is 11.2. The molecule has 0 spiro atoms. The van der Waals surface area contributed by atoms with Crippen LogP contribution in [-0.2, 0) is 4.74 Å². The Hall–Kier alpha value is -0.810. The lowest BCUT2D eigenvalue weighted by Crippen LogP contribution is -2.61. The van der Waals surface area contributed by atoms with Gasteiger partial charge in [-0.05, 0) is 75.5 Å². The van der Waals surface area contributed by atoms with Crippen molar-refractivity contribution >= 4 is 6.03 Å². The summed E-state index contributed by atoms with van der Waals surface area (Å²) in [4.78, 5) is 12.2. The fourth-order valence-electron chi connectivity index (χ4n) is 5.42. The highest BCUT2D eigenvalue weighted by molar-refractivity contribution is 5.74. The van der Waals surface area contributed by atoms with Crippen molar-refractivity contribution in [2.75, 3.05) is 26.4 Å². The van der Waals surface area contributed by atoms with Crippen LogP contribution in [0.25, 0.3) is 0 Å². The van der Waals surface area contributed by atoms with Crippen LogP contribution in [0, 0.1) is 17.8 Å². The molecule has 4 saturated carbocycles. The molecule has 5 nitrogen and oxygen atoms in total. The Kier molecular flexibility index (Phi) is 5.81. The summed E-state index contributed by atoms with van der Waals surface area (Å²) in [6.45, 7) is 1.94. The molecular weight excluding hydrogens is 292 g/mol. The Balaban J connectivity index is 1.29. The van der Waals surface area contributed by atoms with Gasteiger partial charge in [-0.2, -0.15) is 0 Å². The zero-order chi connectivity index (χ0) is 16.1. The first-order valence-electron chi connectivity index (χ1n) is 9.44. The van der Waals surface area contributed by atoms with Gasteiger partial charge in [0.25, 0.3) is 0 Å². The SMILES string of the molecule is O=C(NCCCCCOCCO)NC12CC3CC(CC(C3)C1)C2. The predicted molar refractivity (Wildman–Crippen MR) is 89.2 cm³/mol. The Morgan fingerprint density at radius 1 is 1.00 bits per heavy atom. The van der Waals surface area contributed by atoms with E-state index < -0.39 is 0 Å². The molecule has 0 radical (unpaired) electrons. The van der Waals surface area contributed by atoms with Crippen LogP contribution in [0.15, 0.2) is 0 Å². The molecule has 0 aromatic heterocycles. The lowest BCUT2D eigenvalue weighted by atomic mass is 9.53. The maximum atomic E-state index is 12.2. The molecule has 0 saturated heterocycles. The monoisotopic (exact) mass is 324 g/mol. The fraction of sp³-hybridized carbons (Fsp3) is 0.944. The van der Waals surface area contributed by atoms with Gasteiger partial charge in [-0.15, -0.1) is 0 Å². The van der Waals surface area contributed by atoms with Crippen LogP contribution in [-0.4, -0.2) is 43.0 Å². The molecule has 4 fully saturated rings. The van der Waals surface area contributed by atoms with Crippen LogP contribution in [0.3, 0.4) is 0 Å². The number of nitrogens with one attached hydrogen (secondary N) is 2. The van der Waals surface area contributed by atoms with Crippen LogP contribution in [0.5, 0.6) is 0 Å². The van der Waals surface area contributed by atoms with Gasteiger partial charge in [0.05, 0.1) is 13.2 Å². The van der Waals surface area contributed by atoms with Crippen molar-refractivity contribution in [2.24, 2.45) is 17.8 Å². The minimum Gasteiger partial charge on any atom is -0.394 e. The summed E-state index contributed by atoms with van der Waals surface area (Å²) >= 11 is 0. The van der Waals surface area contributed by atoms with E-state index >= 15 is 0 Å². The van der Waals surface area contributed by atoms with Crippen LogP contribution in [0.1, 0.15) is 57.8 Å². The number of hydrogen-bond acceptors (Lipinski definition) is 3. The average Bonchev–Trinajstić information content (AvgIpc) is 2.48. The molecule has 2 amide bonds. The number of aliphatic hydroxyl groups excluding tert-OH is 1. The van der Waals surface area contributed by atoms with Gasteiger partial charge >= 0.3 is 6.03 Å². The van der Waals surface area contributed by atoms with E-state index in [9.17, 15) is 4.79 Å². The highest BCUT2D eigenvalue weighted by Gasteiger charge is 2.51. The molecule has 0 atom stereocenters. The largest absolute Gasteiger partial charge is 0.394 e. The molecule has 0 aromatic rings. The Bertz CT molecular complexity index is 364. The molecule has 0 heterocycles. The lowest BCUT2D eigenvalue weighted by molar-refractivity contribution is -0.0135. The predicted octanol–water partition coefficient (Wildman–Crippen LogP) is 2.43. The number of hydrogen-bond donors (Lipinski definition) is 3. The number of carbonyl (C=O) groups excluding carboxylic acids is 1. The molecule has 5 heteroatoms. The summed E-state index contributed by atoms with van der Waals surface area (Å²) in [5.41, 5.74) is 0.108. The Labute approximate surface area is 139 Å². The van der Waals surface area contributed by atoms with Crippen LogP contribution in [0.2, 0.25) is 0 Å². The topological polar surface area (TPSA) is 70.6 Å². The Morgan fingerprint density at radius 2 is 1.65 bits per heavy atom. The highest BCUT2D eigenvalue weighted by Crippen LogP contribution is 2.55. The van der Waals surface area contributed by atoms with Gasteiger partial charge < -0.3 is 20.5 Å². The number of amides is 2. The molecule has 4 aliphatic rings. The van der Waals surface area contributed by atoms with E-state index in [1.165, 1.54) is 38.5 Å². The molecule has 3 N–H and O–H groups in total. The second-order valence-electron chi connectivity index (χ2n) is 7.98. The number of ether oxygens (including phenoxy) is 1. The van der Waals surface area contributed by atoms with Gasteiger partial charge in [0, 0.05) is 18.7 Å². The van der Waals surface area contributed by atoms with E-state index in [1.54, 1.807) is 0 Å². The van der Waals surface area contributed by atoms with Crippen molar-refractivity contribution in [3.8, 4) is 0 Å². The second kappa shape index (κ2) is 7.84. The van der Waals surface area contributed by atoms with Crippen molar-refractivity contribution < 1.29 is 14.6 Å². The molecule has 23 heavy (non-hydrogen) atoms. The standard InChI is InChI=1S/C18H32N2O3/c21-5-7-23-6-3-1-2-4-19-17(22)20-18-11-14-8-15(12-18)10-16(9-14)13-18/h14-16,21H,1-13H2,(H2,19,20,22). The van der Waals surface area contributed by atoms with Crippen LogP contribution in [0.4, 0.5) is 4.79 Å². The van der Waals surface area contributed by atoms with E-state index in [1.807, 2.05) is 0 Å². The maximum Gasteiger partial charge on any atom is 0.315 e. The zero-order valence-corrected chi connectivity index (χ0v) is 14.2. The molecule has 4 rings (SSSR count). The minimum absolute atomic E-state index is 0.0310. The van der Waals surface area contributed by atoms with Gasteiger partial charge in [0.2, 0.25) is 0 Å². The summed E-state index contributed by atoms with van der Waals surface area (Å²) in [7, 11) is 0. The second-order valence-corrected chi connectivity index (χ2v) is 7.98. The van der Waals surface area contributed by atoms with Crippen molar-refractivity contribution in [2.45, 2.75) is 63.3 Å². The van der Waals surface area contributed by atoms with Crippen molar-refractivity contribution in [1.82, 2.24) is 10.6 Å². The molecule has 0 unspecified atom stereocenters. The highest BCUT2D eigenvalue weighted by atomic mass is 16.5. The van der Waals surface area contributed by atoms with E-state index in [0.717, 1.165) is 43.6 Å². The normalized spacial score (nSPS) is 34.6. The smallest absolute Gasteiger partial charge is 0.315 e. The third-order valence-corrected chi connectivity index (χ3v) is 5.90. The minimum atomic E-state index is 0.0310. The number of carbonyl (C=O) groups is 1. The van der Waals surface area contributed by atoms with Gasteiger partial charge in [0.1, 0.15) is 0 Å². The van der Waals surface area contributed by atoms with E-state index in [0.29, 0.717) is 13.2 Å². The van der Waals surface area contributed by atoms with Gasteiger partial charge in [-0.25, -0.2) is 4.79 Å². The number of rotatable bonds is 9. The summed E-state index contributed by atoms with van der Waals surface area (Å²) in [6.07, 6.45) is 10.8. The summed E-state index contributed by atoms with van der Waals surface area (Å²) in [5, 5.41) is 15.0. The Morgan fingerprint density at radius 3 is 2.26 bits per heavy atom. The number of urea groups is 1. The molecule has 0 aliphatic heterocycles. The first kappa shape index (κ1) is 17.0. The maximum absolute atomic E-state index is 12.2. The quantitative estimate of drug-likeness (QED) is 0.571. The molecule has 4 aliphatic carbocycles. The van der Waals surface area contributed by atoms with Crippen molar-refractivity contribution in [3.05, 3.63) is 0 Å². The van der Waals surface area contributed by atoms with Crippen molar-refractivity contribution in [3.63, 3.8) is 0 Å². The molecule has 132 valence electrons. The van der Waals surface area contributed by atoms with E-state index in [4.69, 9.17) is 9.84 Å². The summed E-state index contributed by atoms with van der Waals surface area (Å²) in [6, 6.07) is 0.0310. The average molecular weight is 324 g/mol. The van der Waals surface area contributed by atoms with Crippen LogP contribution >= 0.6 is 0 Å². The third-order valence-electron chi connectivity index (χ3n) is 5.90. The molecular formula is C18H32N2O3. The summed E-state index contributed by atoms with van der Waals surface area (Å²) < 4.78 is 5.22. The van der Waals surface area contributed by atoms with E-state index in [-0.39, 0.29) is 18.2 Å².